The van der Waals surface area contributed by atoms with E-state index in [0.717, 1.165) is 5.56 Å². The molecule has 1 aromatic heterocycles. The molecule has 122 valence electrons. The molecule has 0 spiro atoms. The van der Waals surface area contributed by atoms with E-state index in [4.69, 9.17) is 9.84 Å². The standard InChI is InChI=1S/C16H19N3O4/c1-2-19-11-17-9-14(19)13(8-15(20)21)18-16(22)23-10-12-6-4-3-5-7-12/h3-7,9,11,13H,2,8,10H2,1H3,(H,18,22)(H,20,21)/t13-/m0/s1. The van der Waals surface area contributed by atoms with Gasteiger partial charge in [-0.2, -0.15) is 0 Å². The van der Waals surface area contributed by atoms with Gasteiger partial charge in [-0.05, 0) is 12.5 Å². The summed E-state index contributed by atoms with van der Waals surface area (Å²) in [7, 11) is 0. The summed E-state index contributed by atoms with van der Waals surface area (Å²) in [6.07, 6.45) is 2.24. The second kappa shape index (κ2) is 7.98. The van der Waals surface area contributed by atoms with Crippen LogP contribution in [0.4, 0.5) is 4.79 Å². The van der Waals surface area contributed by atoms with Gasteiger partial charge in [-0.1, -0.05) is 30.3 Å². The third-order valence-corrected chi connectivity index (χ3v) is 3.33. The first-order chi connectivity index (χ1) is 11.1. The number of hydrogen-bond donors (Lipinski definition) is 2. The number of aryl methyl sites for hydroxylation is 1. The molecular weight excluding hydrogens is 298 g/mol. The average molecular weight is 317 g/mol. The minimum Gasteiger partial charge on any atom is -0.481 e. The van der Waals surface area contributed by atoms with Gasteiger partial charge in [-0.15, -0.1) is 0 Å². The van der Waals surface area contributed by atoms with Crippen molar-refractivity contribution < 1.29 is 19.4 Å². The van der Waals surface area contributed by atoms with Crippen LogP contribution >= 0.6 is 0 Å². The number of rotatable bonds is 7. The molecule has 0 aliphatic carbocycles. The summed E-state index contributed by atoms with van der Waals surface area (Å²) < 4.78 is 6.92. The lowest BCUT2D eigenvalue weighted by molar-refractivity contribution is -0.137. The Morgan fingerprint density at radius 2 is 2.09 bits per heavy atom. The molecule has 1 heterocycles. The number of ether oxygens (including phenoxy) is 1. The summed E-state index contributed by atoms with van der Waals surface area (Å²) in [5, 5.41) is 11.6. The highest BCUT2D eigenvalue weighted by molar-refractivity contribution is 5.71. The highest BCUT2D eigenvalue weighted by atomic mass is 16.5. The second-order valence-corrected chi connectivity index (χ2v) is 4.96. The summed E-state index contributed by atoms with van der Waals surface area (Å²) in [6.45, 7) is 2.67. The van der Waals surface area contributed by atoms with Crippen molar-refractivity contribution in [2.75, 3.05) is 0 Å². The SMILES string of the molecule is CCn1cncc1[C@H](CC(=O)O)NC(=O)OCc1ccccc1. The molecular formula is C16H19N3O4. The minimum atomic E-state index is -1.01. The van der Waals surface area contributed by atoms with Gasteiger partial charge in [-0.25, -0.2) is 9.78 Å². The molecule has 1 aromatic carbocycles. The number of carboxylic acids is 1. The zero-order valence-electron chi connectivity index (χ0n) is 12.8. The molecule has 23 heavy (non-hydrogen) atoms. The predicted molar refractivity (Wildman–Crippen MR) is 82.7 cm³/mol. The van der Waals surface area contributed by atoms with Gasteiger partial charge in [0.25, 0.3) is 0 Å². The Balaban J connectivity index is 2.00. The summed E-state index contributed by atoms with van der Waals surface area (Å²) in [4.78, 5) is 27.0. The number of imidazole rings is 1. The number of hydrogen-bond acceptors (Lipinski definition) is 4. The van der Waals surface area contributed by atoms with Crippen LogP contribution in [0, 0.1) is 0 Å². The molecule has 0 aliphatic heterocycles. The van der Waals surface area contributed by atoms with Crippen LogP contribution in [0.25, 0.3) is 0 Å². The molecule has 7 nitrogen and oxygen atoms in total. The van der Waals surface area contributed by atoms with Crippen molar-refractivity contribution in [3.63, 3.8) is 0 Å². The zero-order valence-corrected chi connectivity index (χ0v) is 12.8. The monoisotopic (exact) mass is 317 g/mol. The number of carbonyl (C=O) groups excluding carboxylic acids is 1. The number of alkyl carbamates (subject to hydrolysis) is 1. The Kier molecular flexibility index (Phi) is 5.74. The van der Waals surface area contributed by atoms with Crippen LogP contribution in [0.5, 0.6) is 0 Å². The van der Waals surface area contributed by atoms with E-state index in [1.807, 2.05) is 37.3 Å². The summed E-state index contributed by atoms with van der Waals surface area (Å²) in [5.41, 5.74) is 1.49. The normalized spacial score (nSPS) is 11.7. The number of aliphatic carboxylic acids is 1. The molecule has 0 saturated heterocycles. The van der Waals surface area contributed by atoms with Gasteiger partial charge in [0.15, 0.2) is 0 Å². The maximum absolute atomic E-state index is 11.9. The third kappa shape index (κ3) is 4.84. The molecule has 0 radical (unpaired) electrons. The largest absolute Gasteiger partial charge is 0.481 e. The second-order valence-electron chi connectivity index (χ2n) is 4.96. The van der Waals surface area contributed by atoms with Gasteiger partial charge in [0.2, 0.25) is 0 Å². The lowest BCUT2D eigenvalue weighted by atomic mass is 10.1. The Morgan fingerprint density at radius 3 is 2.74 bits per heavy atom. The van der Waals surface area contributed by atoms with E-state index < -0.39 is 18.1 Å². The molecule has 2 N–H and O–H groups in total. The Hall–Kier alpha value is -2.83. The van der Waals surface area contributed by atoms with Crippen LogP contribution in [0.15, 0.2) is 42.9 Å². The van der Waals surface area contributed by atoms with Gasteiger partial charge in [0.05, 0.1) is 30.7 Å². The Labute approximate surface area is 133 Å². The number of carbonyl (C=O) groups is 2. The van der Waals surface area contributed by atoms with Gasteiger partial charge in [0, 0.05) is 6.54 Å². The topological polar surface area (TPSA) is 93.5 Å². The van der Waals surface area contributed by atoms with Crippen LogP contribution in [0.3, 0.4) is 0 Å². The van der Waals surface area contributed by atoms with E-state index >= 15 is 0 Å². The number of nitrogens with one attached hydrogen (secondary N) is 1. The number of benzene rings is 1. The van der Waals surface area contributed by atoms with Crippen molar-refractivity contribution >= 4 is 12.1 Å². The van der Waals surface area contributed by atoms with Crippen molar-refractivity contribution in [2.45, 2.75) is 32.5 Å². The fraction of sp³-hybridized carbons (Fsp3) is 0.312. The van der Waals surface area contributed by atoms with Crippen molar-refractivity contribution in [3.05, 3.63) is 54.1 Å². The highest BCUT2D eigenvalue weighted by Crippen LogP contribution is 2.17. The summed E-state index contributed by atoms with van der Waals surface area (Å²) >= 11 is 0. The maximum atomic E-state index is 11.9. The fourth-order valence-electron chi connectivity index (χ4n) is 2.20. The molecule has 0 fully saturated rings. The van der Waals surface area contributed by atoms with Crippen molar-refractivity contribution in [2.24, 2.45) is 0 Å². The predicted octanol–water partition coefficient (Wildman–Crippen LogP) is 2.35. The van der Waals surface area contributed by atoms with E-state index in [1.54, 1.807) is 17.1 Å². The van der Waals surface area contributed by atoms with Crippen molar-refractivity contribution in [3.8, 4) is 0 Å². The van der Waals surface area contributed by atoms with Crippen molar-refractivity contribution in [1.29, 1.82) is 0 Å². The Morgan fingerprint density at radius 1 is 1.35 bits per heavy atom. The molecule has 0 unspecified atom stereocenters. The van der Waals surface area contributed by atoms with Gasteiger partial charge in [-0.3, -0.25) is 4.79 Å². The zero-order chi connectivity index (χ0) is 16.7. The minimum absolute atomic E-state index is 0.125. The molecule has 7 heteroatoms. The lowest BCUT2D eigenvalue weighted by Gasteiger charge is -2.18. The van der Waals surface area contributed by atoms with Gasteiger partial charge >= 0.3 is 12.1 Å². The first-order valence-corrected chi connectivity index (χ1v) is 7.29. The summed E-state index contributed by atoms with van der Waals surface area (Å²) in [5.74, 6) is -1.01. The van der Waals surface area contributed by atoms with Crippen LogP contribution < -0.4 is 5.32 Å². The number of aromatic nitrogens is 2. The summed E-state index contributed by atoms with van der Waals surface area (Å²) in [6, 6.07) is 8.56. The van der Waals surface area contributed by atoms with Gasteiger partial charge in [0.1, 0.15) is 6.61 Å². The van der Waals surface area contributed by atoms with Crippen LogP contribution in [0.2, 0.25) is 0 Å². The number of amides is 1. The Bertz CT molecular complexity index is 654. The molecule has 1 atom stereocenters. The first kappa shape index (κ1) is 16.5. The first-order valence-electron chi connectivity index (χ1n) is 7.29. The number of nitrogens with zero attached hydrogens (tertiary/aromatic N) is 2. The average Bonchev–Trinajstić information content (AvgIpc) is 3.01. The van der Waals surface area contributed by atoms with Crippen LogP contribution in [-0.2, 0) is 22.7 Å². The quantitative estimate of drug-likeness (QED) is 0.817. The molecule has 0 saturated carbocycles. The van der Waals surface area contributed by atoms with E-state index in [2.05, 4.69) is 10.3 Å². The third-order valence-electron chi connectivity index (χ3n) is 3.33. The van der Waals surface area contributed by atoms with Crippen LogP contribution in [-0.4, -0.2) is 26.7 Å². The fourth-order valence-corrected chi connectivity index (χ4v) is 2.20. The van der Waals surface area contributed by atoms with Crippen LogP contribution in [0.1, 0.15) is 30.6 Å². The molecule has 0 bridgehead atoms. The van der Waals surface area contributed by atoms with Gasteiger partial charge < -0.3 is 19.7 Å². The maximum Gasteiger partial charge on any atom is 0.408 e. The van der Waals surface area contributed by atoms with E-state index in [-0.39, 0.29) is 13.0 Å². The smallest absolute Gasteiger partial charge is 0.408 e. The number of carboxylic acid groups (broad SMARTS) is 1. The molecule has 2 aromatic rings. The lowest BCUT2D eigenvalue weighted by Crippen LogP contribution is -2.32. The van der Waals surface area contributed by atoms with E-state index in [1.165, 1.54) is 0 Å². The molecule has 1 amide bonds. The molecule has 0 aliphatic rings. The molecule has 2 rings (SSSR count). The van der Waals surface area contributed by atoms with E-state index in [0.29, 0.717) is 12.2 Å². The van der Waals surface area contributed by atoms with E-state index in [9.17, 15) is 9.59 Å². The van der Waals surface area contributed by atoms with Crippen molar-refractivity contribution in [1.82, 2.24) is 14.9 Å². The highest BCUT2D eigenvalue weighted by Gasteiger charge is 2.22.